The third-order valence-electron chi connectivity index (χ3n) is 3.35. The minimum absolute atomic E-state index is 0.186. The molecule has 126 valence electrons. The monoisotopic (exact) mass is 310 g/mol. The zero-order chi connectivity index (χ0) is 16.8. The fourth-order valence-corrected chi connectivity index (χ4v) is 2.07. The summed E-state index contributed by atoms with van der Waals surface area (Å²) in [5.74, 6) is 0. The number of rotatable bonds is 7. The molecule has 0 bridgehead atoms. The average molecular weight is 310 g/mol. The SMILES string of the molecule is CCC(CNC(=O)OC(C)(C)C)NC(C)c1cnn(CC)c1. The Morgan fingerprint density at radius 2 is 2.09 bits per heavy atom. The maximum Gasteiger partial charge on any atom is 0.407 e. The molecular weight excluding hydrogens is 280 g/mol. The molecule has 0 saturated heterocycles. The van der Waals surface area contributed by atoms with E-state index >= 15 is 0 Å². The molecule has 0 aliphatic carbocycles. The van der Waals surface area contributed by atoms with Crippen LogP contribution in [0.1, 0.15) is 59.6 Å². The molecule has 1 amide bonds. The van der Waals surface area contributed by atoms with E-state index in [2.05, 4.69) is 36.5 Å². The first-order valence-corrected chi connectivity index (χ1v) is 8.00. The molecule has 2 N–H and O–H groups in total. The summed E-state index contributed by atoms with van der Waals surface area (Å²) in [7, 11) is 0. The second-order valence-electron chi connectivity index (χ2n) is 6.51. The van der Waals surface area contributed by atoms with Crippen molar-refractivity contribution in [3.63, 3.8) is 0 Å². The van der Waals surface area contributed by atoms with E-state index in [0.717, 1.165) is 18.5 Å². The Morgan fingerprint density at radius 1 is 1.41 bits per heavy atom. The van der Waals surface area contributed by atoms with Crippen LogP contribution in [0.2, 0.25) is 0 Å². The van der Waals surface area contributed by atoms with Gasteiger partial charge in [-0.05, 0) is 41.0 Å². The van der Waals surface area contributed by atoms with Gasteiger partial charge in [-0.2, -0.15) is 5.10 Å². The molecular formula is C16H30N4O2. The van der Waals surface area contributed by atoms with Gasteiger partial charge in [0.1, 0.15) is 5.60 Å². The van der Waals surface area contributed by atoms with Crippen LogP contribution in [0.25, 0.3) is 0 Å². The minimum atomic E-state index is -0.471. The number of alkyl carbamates (subject to hydrolysis) is 1. The molecule has 0 aliphatic heterocycles. The highest BCUT2D eigenvalue weighted by Crippen LogP contribution is 2.12. The van der Waals surface area contributed by atoms with Crippen LogP contribution < -0.4 is 10.6 Å². The lowest BCUT2D eigenvalue weighted by atomic mass is 10.1. The molecule has 0 spiro atoms. The van der Waals surface area contributed by atoms with Gasteiger partial charge in [0.05, 0.1) is 6.20 Å². The van der Waals surface area contributed by atoms with Crippen molar-refractivity contribution in [2.75, 3.05) is 6.54 Å². The Bertz CT molecular complexity index is 465. The van der Waals surface area contributed by atoms with Gasteiger partial charge < -0.3 is 15.4 Å². The second kappa shape index (κ2) is 8.17. The molecule has 1 aromatic rings. The van der Waals surface area contributed by atoms with E-state index in [1.54, 1.807) is 0 Å². The van der Waals surface area contributed by atoms with Gasteiger partial charge in [0.25, 0.3) is 0 Å². The summed E-state index contributed by atoms with van der Waals surface area (Å²) < 4.78 is 7.16. The maximum absolute atomic E-state index is 11.7. The van der Waals surface area contributed by atoms with Gasteiger partial charge in [0, 0.05) is 36.9 Å². The minimum Gasteiger partial charge on any atom is -0.444 e. The molecule has 1 aromatic heterocycles. The van der Waals surface area contributed by atoms with Crippen LogP contribution in [-0.2, 0) is 11.3 Å². The van der Waals surface area contributed by atoms with E-state index in [1.165, 1.54) is 0 Å². The zero-order valence-corrected chi connectivity index (χ0v) is 14.6. The molecule has 6 nitrogen and oxygen atoms in total. The number of nitrogens with one attached hydrogen (secondary N) is 2. The van der Waals surface area contributed by atoms with Gasteiger partial charge in [0.15, 0.2) is 0 Å². The van der Waals surface area contributed by atoms with Gasteiger partial charge >= 0.3 is 6.09 Å². The van der Waals surface area contributed by atoms with Crippen LogP contribution >= 0.6 is 0 Å². The number of ether oxygens (including phenoxy) is 1. The van der Waals surface area contributed by atoms with Gasteiger partial charge in [0.2, 0.25) is 0 Å². The van der Waals surface area contributed by atoms with Crippen LogP contribution in [0, 0.1) is 0 Å². The highest BCUT2D eigenvalue weighted by Gasteiger charge is 2.18. The summed E-state index contributed by atoms with van der Waals surface area (Å²) in [6.07, 6.45) is 4.47. The number of carbonyl (C=O) groups excluding carboxylic acids is 1. The Kier molecular flexibility index (Phi) is 6.87. The lowest BCUT2D eigenvalue weighted by Gasteiger charge is -2.24. The van der Waals surface area contributed by atoms with Crippen LogP contribution in [-0.4, -0.2) is 34.1 Å². The molecule has 0 aromatic carbocycles. The highest BCUT2D eigenvalue weighted by molar-refractivity contribution is 5.67. The van der Waals surface area contributed by atoms with E-state index in [9.17, 15) is 4.79 Å². The molecule has 2 atom stereocenters. The first-order chi connectivity index (χ1) is 10.2. The van der Waals surface area contributed by atoms with Gasteiger partial charge in [-0.15, -0.1) is 0 Å². The molecule has 0 saturated carbocycles. The standard InChI is InChI=1S/C16H30N4O2/c1-7-14(10-17-15(21)22-16(4,5)6)19-12(3)13-9-18-20(8-2)11-13/h9,11-12,14,19H,7-8,10H2,1-6H3,(H,17,21). The number of aromatic nitrogens is 2. The Labute approximate surface area is 133 Å². The van der Waals surface area contributed by atoms with E-state index < -0.39 is 5.60 Å². The zero-order valence-electron chi connectivity index (χ0n) is 14.6. The largest absolute Gasteiger partial charge is 0.444 e. The van der Waals surface area contributed by atoms with E-state index in [4.69, 9.17) is 4.74 Å². The summed E-state index contributed by atoms with van der Waals surface area (Å²) in [5.41, 5.74) is 0.680. The Hall–Kier alpha value is -1.56. The van der Waals surface area contributed by atoms with E-state index in [1.807, 2.05) is 37.8 Å². The third kappa shape index (κ3) is 6.47. The van der Waals surface area contributed by atoms with E-state index in [-0.39, 0.29) is 18.2 Å². The van der Waals surface area contributed by atoms with Gasteiger partial charge in [-0.3, -0.25) is 4.68 Å². The van der Waals surface area contributed by atoms with E-state index in [0.29, 0.717) is 6.54 Å². The molecule has 0 fully saturated rings. The average Bonchev–Trinajstić information content (AvgIpc) is 2.90. The third-order valence-corrected chi connectivity index (χ3v) is 3.35. The van der Waals surface area contributed by atoms with Crippen molar-refractivity contribution < 1.29 is 9.53 Å². The molecule has 0 aliphatic rings. The summed E-state index contributed by atoms with van der Waals surface area (Å²) in [4.78, 5) is 11.7. The predicted octanol–water partition coefficient (Wildman–Crippen LogP) is 2.86. The summed E-state index contributed by atoms with van der Waals surface area (Å²) in [6.45, 7) is 13.2. The fourth-order valence-electron chi connectivity index (χ4n) is 2.07. The Balaban J connectivity index is 2.45. The number of aryl methyl sites for hydroxylation is 1. The number of hydrogen-bond acceptors (Lipinski definition) is 4. The molecule has 6 heteroatoms. The summed E-state index contributed by atoms with van der Waals surface area (Å²) in [5, 5.41) is 10.6. The van der Waals surface area contributed by atoms with Gasteiger partial charge in [-0.1, -0.05) is 6.92 Å². The Morgan fingerprint density at radius 3 is 2.59 bits per heavy atom. The first kappa shape index (κ1) is 18.5. The van der Waals surface area contributed by atoms with Crippen molar-refractivity contribution in [3.05, 3.63) is 18.0 Å². The first-order valence-electron chi connectivity index (χ1n) is 8.00. The van der Waals surface area contributed by atoms with Crippen LogP contribution in [0.3, 0.4) is 0 Å². The summed E-state index contributed by atoms with van der Waals surface area (Å²) in [6, 6.07) is 0.373. The number of amides is 1. The van der Waals surface area contributed by atoms with Crippen LogP contribution in [0.15, 0.2) is 12.4 Å². The topological polar surface area (TPSA) is 68.2 Å². The van der Waals surface area contributed by atoms with Crippen molar-refractivity contribution in [2.24, 2.45) is 0 Å². The van der Waals surface area contributed by atoms with Crippen LogP contribution in [0.4, 0.5) is 4.79 Å². The highest BCUT2D eigenvalue weighted by atomic mass is 16.6. The van der Waals surface area contributed by atoms with Gasteiger partial charge in [-0.25, -0.2) is 4.79 Å². The number of hydrogen-bond donors (Lipinski definition) is 2. The maximum atomic E-state index is 11.7. The smallest absolute Gasteiger partial charge is 0.407 e. The molecule has 0 radical (unpaired) electrons. The second-order valence-corrected chi connectivity index (χ2v) is 6.51. The fraction of sp³-hybridized carbons (Fsp3) is 0.750. The quantitative estimate of drug-likeness (QED) is 0.812. The van der Waals surface area contributed by atoms with Crippen molar-refractivity contribution in [1.29, 1.82) is 0 Å². The number of carbonyl (C=O) groups is 1. The molecule has 1 heterocycles. The van der Waals surface area contributed by atoms with Crippen molar-refractivity contribution in [2.45, 2.75) is 72.2 Å². The lowest BCUT2D eigenvalue weighted by Crippen LogP contribution is -2.43. The van der Waals surface area contributed by atoms with Crippen molar-refractivity contribution in [1.82, 2.24) is 20.4 Å². The van der Waals surface area contributed by atoms with Crippen molar-refractivity contribution in [3.8, 4) is 0 Å². The molecule has 1 rings (SSSR count). The molecule has 2 unspecified atom stereocenters. The predicted molar refractivity (Wildman–Crippen MR) is 87.8 cm³/mol. The summed E-state index contributed by atoms with van der Waals surface area (Å²) >= 11 is 0. The molecule has 22 heavy (non-hydrogen) atoms. The van der Waals surface area contributed by atoms with Crippen LogP contribution in [0.5, 0.6) is 0 Å². The normalized spacial score (nSPS) is 14.5. The van der Waals surface area contributed by atoms with Crippen molar-refractivity contribution >= 4 is 6.09 Å². The number of nitrogens with zero attached hydrogens (tertiary/aromatic N) is 2. The lowest BCUT2D eigenvalue weighted by molar-refractivity contribution is 0.0521.